The SMILES string of the molecule is Cc1ccc(NS(=O)(=O)c2cc(C(=O)NCCSC(C)(C)C)ccc2C)cc1. The summed E-state index contributed by atoms with van der Waals surface area (Å²) in [6.07, 6.45) is 0. The molecule has 0 heterocycles. The van der Waals surface area contributed by atoms with Crippen molar-refractivity contribution in [2.45, 2.75) is 44.3 Å². The molecule has 0 aromatic heterocycles. The molecule has 0 saturated carbocycles. The van der Waals surface area contributed by atoms with Crippen LogP contribution in [0.1, 0.15) is 42.3 Å². The second-order valence-corrected chi connectivity index (χ2v) is 11.2. The molecule has 0 aliphatic rings. The molecule has 2 aromatic carbocycles. The van der Waals surface area contributed by atoms with Gasteiger partial charge in [-0.15, -0.1) is 0 Å². The fraction of sp³-hybridized carbons (Fsp3) is 0.381. The average Bonchev–Trinajstić information content (AvgIpc) is 2.60. The Hall–Kier alpha value is -1.99. The summed E-state index contributed by atoms with van der Waals surface area (Å²) < 4.78 is 28.3. The summed E-state index contributed by atoms with van der Waals surface area (Å²) in [5.41, 5.74) is 2.44. The Morgan fingerprint density at radius 1 is 1.04 bits per heavy atom. The molecule has 0 spiro atoms. The van der Waals surface area contributed by atoms with Gasteiger partial charge in [-0.3, -0.25) is 9.52 Å². The summed E-state index contributed by atoms with van der Waals surface area (Å²) in [5, 5.41) is 2.85. The van der Waals surface area contributed by atoms with E-state index in [0.717, 1.165) is 11.3 Å². The molecule has 152 valence electrons. The van der Waals surface area contributed by atoms with Crippen LogP contribution in [0.15, 0.2) is 47.4 Å². The Morgan fingerprint density at radius 3 is 2.29 bits per heavy atom. The summed E-state index contributed by atoms with van der Waals surface area (Å²) in [6.45, 7) is 10.5. The molecular weight excluding hydrogens is 392 g/mol. The number of nitrogens with one attached hydrogen (secondary N) is 2. The zero-order valence-electron chi connectivity index (χ0n) is 17.0. The number of hydrogen-bond acceptors (Lipinski definition) is 4. The minimum absolute atomic E-state index is 0.102. The van der Waals surface area contributed by atoms with E-state index in [1.165, 1.54) is 6.07 Å². The lowest BCUT2D eigenvalue weighted by molar-refractivity contribution is 0.0956. The first-order valence-electron chi connectivity index (χ1n) is 9.10. The normalized spacial score (nSPS) is 11.9. The van der Waals surface area contributed by atoms with Gasteiger partial charge in [0, 0.05) is 28.3 Å². The van der Waals surface area contributed by atoms with E-state index in [9.17, 15) is 13.2 Å². The molecule has 2 N–H and O–H groups in total. The molecular formula is C21H28N2O3S2. The second-order valence-electron chi connectivity index (χ2n) is 7.67. The summed E-state index contributed by atoms with van der Waals surface area (Å²) in [6, 6.07) is 11.8. The molecule has 7 heteroatoms. The monoisotopic (exact) mass is 420 g/mol. The minimum Gasteiger partial charge on any atom is -0.351 e. The van der Waals surface area contributed by atoms with Crippen LogP contribution in [0.2, 0.25) is 0 Å². The van der Waals surface area contributed by atoms with Crippen LogP contribution in [-0.2, 0) is 10.0 Å². The van der Waals surface area contributed by atoms with Crippen molar-refractivity contribution < 1.29 is 13.2 Å². The topological polar surface area (TPSA) is 75.3 Å². The Morgan fingerprint density at radius 2 is 1.68 bits per heavy atom. The number of amides is 1. The number of carbonyl (C=O) groups is 1. The number of carbonyl (C=O) groups excluding carboxylic acids is 1. The largest absolute Gasteiger partial charge is 0.351 e. The molecule has 0 radical (unpaired) electrons. The first kappa shape index (κ1) is 22.3. The Bertz CT molecular complexity index is 931. The first-order chi connectivity index (χ1) is 13.0. The van der Waals surface area contributed by atoms with E-state index in [1.54, 1.807) is 43.0 Å². The highest BCUT2D eigenvalue weighted by atomic mass is 32.2. The van der Waals surface area contributed by atoms with Gasteiger partial charge in [-0.25, -0.2) is 8.42 Å². The van der Waals surface area contributed by atoms with Crippen LogP contribution < -0.4 is 10.0 Å². The third kappa shape index (κ3) is 6.56. The highest BCUT2D eigenvalue weighted by molar-refractivity contribution is 8.00. The molecule has 0 aliphatic carbocycles. The van der Waals surface area contributed by atoms with Crippen molar-refractivity contribution in [1.82, 2.24) is 5.32 Å². The maximum absolute atomic E-state index is 12.8. The van der Waals surface area contributed by atoms with Gasteiger partial charge < -0.3 is 5.32 Å². The zero-order valence-corrected chi connectivity index (χ0v) is 18.6. The molecule has 0 saturated heterocycles. The second kappa shape index (κ2) is 9.01. The predicted octanol–water partition coefficient (Wildman–Crippen LogP) is 4.37. The van der Waals surface area contributed by atoms with Gasteiger partial charge in [0.2, 0.25) is 0 Å². The molecule has 2 aromatic rings. The smallest absolute Gasteiger partial charge is 0.262 e. The Kier molecular flexibility index (Phi) is 7.17. The van der Waals surface area contributed by atoms with E-state index in [2.05, 4.69) is 30.8 Å². The predicted molar refractivity (Wildman–Crippen MR) is 118 cm³/mol. The number of thioether (sulfide) groups is 1. The van der Waals surface area contributed by atoms with E-state index < -0.39 is 10.0 Å². The van der Waals surface area contributed by atoms with Gasteiger partial charge >= 0.3 is 0 Å². The number of anilines is 1. The van der Waals surface area contributed by atoms with Crippen LogP contribution in [0.5, 0.6) is 0 Å². The quantitative estimate of drug-likeness (QED) is 0.653. The van der Waals surface area contributed by atoms with Crippen molar-refractivity contribution in [3.8, 4) is 0 Å². The van der Waals surface area contributed by atoms with E-state index in [4.69, 9.17) is 0 Å². The third-order valence-electron chi connectivity index (χ3n) is 3.97. The van der Waals surface area contributed by atoms with Gasteiger partial charge in [0.05, 0.1) is 4.90 Å². The fourth-order valence-electron chi connectivity index (χ4n) is 2.49. The van der Waals surface area contributed by atoms with E-state index in [0.29, 0.717) is 23.4 Å². The van der Waals surface area contributed by atoms with Crippen LogP contribution in [0.25, 0.3) is 0 Å². The highest BCUT2D eigenvalue weighted by Crippen LogP contribution is 2.23. The number of rotatable bonds is 7. The first-order valence-corrected chi connectivity index (χ1v) is 11.6. The maximum Gasteiger partial charge on any atom is 0.262 e. The number of hydrogen-bond donors (Lipinski definition) is 2. The zero-order chi connectivity index (χ0) is 20.9. The van der Waals surface area contributed by atoms with Crippen LogP contribution in [-0.4, -0.2) is 31.4 Å². The molecule has 0 aliphatic heterocycles. The van der Waals surface area contributed by atoms with Gasteiger partial charge in [-0.05, 0) is 43.7 Å². The van der Waals surface area contributed by atoms with Gasteiger partial charge in [0.25, 0.3) is 15.9 Å². The molecule has 0 atom stereocenters. The average molecular weight is 421 g/mol. The van der Waals surface area contributed by atoms with Crippen molar-refractivity contribution in [2.24, 2.45) is 0 Å². The van der Waals surface area contributed by atoms with Crippen LogP contribution in [0, 0.1) is 13.8 Å². The molecule has 0 bridgehead atoms. The molecule has 0 fully saturated rings. The lowest BCUT2D eigenvalue weighted by atomic mass is 10.1. The van der Waals surface area contributed by atoms with Crippen molar-refractivity contribution in [2.75, 3.05) is 17.0 Å². The number of benzene rings is 2. The molecule has 5 nitrogen and oxygen atoms in total. The van der Waals surface area contributed by atoms with Crippen molar-refractivity contribution in [3.63, 3.8) is 0 Å². The highest BCUT2D eigenvalue weighted by Gasteiger charge is 2.19. The van der Waals surface area contributed by atoms with Gasteiger partial charge in [-0.2, -0.15) is 11.8 Å². The fourth-order valence-corrected chi connectivity index (χ4v) is 4.63. The lowest BCUT2D eigenvalue weighted by Crippen LogP contribution is -2.27. The molecule has 2 rings (SSSR count). The summed E-state index contributed by atoms with van der Waals surface area (Å²) in [5.74, 6) is 0.516. The summed E-state index contributed by atoms with van der Waals surface area (Å²) >= 11 is 1.76. The number of sulfonamides is 1. The van der Waals surface area contributed by atoms with Crippen molar-refractivity contribution >= 4 is 33.4 Å². The van der Waals surface area contributed by atoms with Crippen molar-refractivity contribution in [1.29, 1.82) is 0 Å². The van der Waals surface area contributed by atoms with Gasteiger partial charge in [-0.1, -0.05) is 44.5 Å². The Balaban J connectivity index is 2.13. The number of aryl methyl sites for hydroxylation is 2. The van der Waals surface area contributed by atoms with Crippen LogP contribution in [0.4, 0.5) is 5.69 Å². The van der Waals surface area contributed by atoms with Crippen molar-refractivity contribution in [3.05, 3.63) is 59.2 Å². The minimum atomic E-state index is -3.79. The van der Waals surface area contributed by atoms with E-state index in [1.807, 2.05) is 19.1 Å². The van der Waals surface area contributed by atoms with Gasteiger partial charge in [0.15, 0.2) is 0 Å². The van der Waals surface area contributed by atoms with Crippen LogP contribution >= 0.6 is 11.8 Å². The van der Waals surface area contributed by atoms with Gasteiger partial charge in [0.1, 0.15) is 0 Å². The maximum atomic E-state index is 12.8. The summed E-state index contributed by atoms with van der Waals surface area (Å²) in [7, 11) is -3.79. The standard InChI is InChI=1S/C21H28N2O3S2/c1-15-6-10-18(11-7-15)23-28(25,26)19-14-17(9-8-16(19)2)20(24)22-12-13-27-21(3,4)5/h6-11,14,23H,12-13H2,1-5H3,(H,22,24). The molecule has 28 heavy (non-hydrogen) atoms. The third-order valence-corrected chi connectivity index (χ3v) is 6.76. The molecule has 0 unspecified atom stereocenters. The van der Waals surface area contributed by atoms with Crippen LogP contribution in [0.3, 0.4) is 0 Å². The summed E-state index contributed by atoms with van der Waals surface area (Å²) in [4.78, 5) is 12.5. The Labute approximate surface area is 172 Å². The van der Waals surface area contributed by atoms with E-state index >= 15 is 0 Å². The van der Waals surface area contributed by atoms with E-state index in [-0.39, 0.29) is 15.5 Å². The lowest BCUT2D eigenvalue weighted by Gasteiger charge is -2.17. The molecule has 1 amide bonds.